The van der Waals surface area contributed by atoms with E-state index in [1.807, 2.05) is 24.3 Å². The number of furan rings is 1. The van der Waals surface area contributed by atoms with Gasteiger partial charge in [0.2, 0.25) is 0 Å². The Morgan fingerprint density at radius 2 is 1.76 bits per heavy atom. The van der Waals surface area contributed by atoms with E-state index in [1.165, 1.54) is 35.1 Å². The van der Waals surface area contributed by atoms with E-state index in [1.54, 1.807) is 12.3 Å². The molecule has 1 aliphatic carbocycles. The van der Waals surface area contributed by atoms with Crippen LogP contribution in [0.4, 0.5) is 5.69 Å². The Bertz CT molecular complexity index is 1360. The van der Waals surface area contributed by atoms with E-state index >= 15 is 0 Å². The Morgan fingerprint density at radius 3 is 2.52 bits per heavy atom. The van der Waals surface area contributed by atoms with Gasteiger partial charge in [0.15, 0.2) is 5.76 Å². The van der Waals surface area contributed by atoms with E-state index in [2.05, 4.69) is 62.3 Å². The highest BCUT2D eigenvalue weighted by molar-refractivity contribution is 6.03. The first kappa shape index (κ1) is 21.5. The molecule has 2 aromatic carbocycles. The number of benzene rings is 2. The third kappa shape index (κ3) is 3.97. The van der Waals surface area contributed by atoms with Crippen molar-refractivity contribution in [2.75, 3.05) is 5.32 Å². The topological polar surface area (TPSA) is 70.9 Å². The van der Waals surface area contributed by atoms with Crippen molar-refractivity contribution in [1.29, 1.82) is 0 Å². The van der Waals surface area contributed by atoms with Crippen molar-refractivity contribution in [2.45, 2.75) is 64.7 Å². The van der Waals surface area contributed by atoms with Crippen LogP contribution in [0.15, 0.2) is 53.1 Å². The van der Waals surface area contributed by atoms with Gasteiger partial charge in [0.1, 0.15) is 5.76 Å². The summed E-state index contributed by atoms with van der Waals surface area (Å²) in [5.74, 6) is 0.844. The zero-order chi connectivity index (χ0) is 23.4. The first-order chi connectivity index (χ1) is 15.6. The van der Waals surface area contributed by atoms with Crippen LogP contribution >= 0.6 is 0 Å². The number of carbonyl (C=O) groups is 1. The van der Waals surface area contributed by atoms with Gasteiger partial charge in [-0.1, -0.05) is 39.8 Å². The highest BCUT2D eigenvalue weighted by Crippen LogP contribution is 2.46. The van der Waals surface area contributed by atoms with Gasteiger partial charge in [0.05, 0.1) is 11.7 Å². The monoisotopic (exact) mass is 441 g/mol. The van der Waals surface area contributed by atoms with Crippen LogP contribution in [0, 0.1) is 6.92 Å². The van der Waals surface area contributed by atoms with Gasteiger partial charge in [-0.25, -0.2) is 0 Å². The average Bonchev–Trinajstić information content (AvgIpc) is 3.42. The van der Waals surface area contributed by atoms with E-state index in [0.29, 0.717) is 17.9 Å². The molecule has 0 atom stereocenters. The van der Waals surface area contributed by atoms with Crippen molar-refractivity contribution in [2.24, 2.45) is 0 Å². The van der Waals surface area contributed by atoms with Crippen molar-refractivity contribution < 1.29 is 9.21 Å². The first-order valence-electron chi connectivity index (χ1n) is 11.6. The van der Waals surface area contributed by atoms with Crippen molar-refractivity contribution >= 4 is 22.5 Å². The highest BCUT2D eigenvalue weighted by Gasteiger charge is 2.37. The second-order valence-electron chi connectivity index (χ2n) is 10.7. The summed E-state index contributed by atoms with van der Waals surface area (Å²) in [5.41, 5.74) is 7.37. The van der Waals surface area contributed by atoms with Crippen LogP contribution < -0.4 is 5.32 Å². The lowest BCUT2D eigenvalue weighted by atomic mass is 9.62. The van der Waals surface area contributed by atoms with E-state index in [4.69, 9.17) is 4.42 Å². The van der Waals surface area contributed by atoms with Crippen LogP contribution in [0.5, 0.6) is 0 Å². The molecule has 0 spiro atoms. The maximum Gasteiger partial charge on any atom is 0.291 e. The maximum atomic E-state index is 12.7. The number of aryl methyl sites for hydroxylation is 1. The van der Waals surface area contributed by atoms with Gasteiger partial charge in [0, 0.05) is 17.5 Å². The summed E-state index contributed by atoms with van der Waals surface area (Å²) in [5, 5.41) is 10.8. The number of aromatic amines is 1. The lowest BCUT2D eigenvalue weighted by Gasteiger charge is -2.42. The minimum Gasteiger partial charge on any atom is -0.456 e. The number of fused-ring (bicyclic) bond motifs is 2. The number of aromatic nitrogens is 2. The number of nitrogens with one attached hydrogen (secondary N) is 2. The molecule has 0 aliphatic heterocycles. The lowest BCUT2D eigenvalue weighted by Crippen LogP contribution is -2.34. The Kier molecular flexibility index (Phi) is 4.96. The molecular formula is C28H31N3O2. The molecule has 1 amide bonds. The quantitative estimate of drug-likeness (QED) is 0.372. The summed E-state index contributed by atoms with van der Waals surface area (Å²) in [6.45, 7) is 11.6. The molecule has 0 saturated carbocycles. The van der Waals surface area contributed by atoms with Crippen LogP contribution in [-0.2, 0) is 17.3 Å². The molecule has 5 rings (SSSR count). The Balaban J connectivity index is 1.37. The number of hydrogen-bond acceptors (Lipinski definition) is 3. The molecule has 0 saturated heterocycles. The van der Waals surface area contributed by atoms with Gasteiger partial charge in [0.25, 0.3) is 5.91 Å². The molecule has 0 unspecified atom stereocenters. The first-order valence-corrected chi connectivity index (χ1v) is 11.6. The number of nitrogens with zero attached hydrogens (tertiary/aromatic N) is 1. The fourth-order valence-corrected chi connectivity index (χ4v) is 4.95. The molecule has 0 fully saturated rings. The van der Waals surface area contributed by atoms with E-state index in [9.17, 15) is 4.79 Å². The molecular weight excluding hydrogens is 410 g/mol. The fraction of sp³-hybridized carbons (Fsp3) is 0.357. The van der Waals surface area contributed by atoms with Crippen LogP contribution in [-0.4, -0.2) is 16.1 Å². The molecule has 170 valence electrons. The Hall–Kier alpha value is -3.34. The van der Waals surface area contributed by atoms with Crippen molar-refractivity contribution in [3.63, 3.8) is 0 Å². The minimum absolute atomic E-state index is 0.164. The normalized spacial score (nSPS) is 16.5. The molecule has 1 aliphatic rings. The summed E-state index contributed by atoms with van der Waals surface area (Å²) >= 11 is 0. The van der Waals surface area contributed by atoms with Crippen LogP contribution in [0.2, 0.25) is 0 Å². The lowest BCUT2D eigenvalue weighted by molar-refractivity contribution is 0.0995. The molecule has 2 heterocycles. The van der Waals surface area contributed by atoms with Gasteiger partial charge in [-0.05, 0) is 83.2 Å². The minimum atomic E-state index is -0.259. The smallest absolute Gasteiger partial charge is 0.291 e. The molecule has 0 bridgehead atoms. The third-order valence-corrected chi connectivity index (χ3v) is 7.26. The average molecular weight is 442 g/mol. The number of H-pyrrole nitrogens is 1. The second kappa shape index (κ2) is 7.62. The van der Waals surface area contributed by atoms with Crippen LogP contribution in [0.3, 0.4) is 0 Å². The zero-order valence-corrected chi connectivity index (χ0v) is 20.0. The Morgan fingerprint density at radius 1 is 1.03 bits per heavy atom. The number of hydrogen-bond donors (Lipinski definition) is 2. The molecule has 5 nitrogen and oxygen atoms in total. The molecule has 0 radical (unpaired) electrons. The predicted octanol–water partition coefficient (Wildman–Crippen LogP) is 6.66. The molecule has 2 aromatic heterocycles. The number of anilines is 1. The number of carbonyl (C=O) groups excluding carboxylic acids is 1. The highest BCUT2D eigenvalue weighted by atomic mass is 16.3. The van der Waals surface area contributed by atoms with Crippen LogP contribution in [0.25, 0.3) is 10.9 Å². The molecule has 33 heavy (non-hydrogen) atoms. The van der Waals surface area contributed by atoms with E-state index in [-0.39, 0.29) is 16.7 Å². The second-order valence-corrected chi connectivity index (χ2v) is 10.7. The van der Waals surface area contributed by atoms with Gasteiger partial charge < -0.3 is 9.73 Å². The van der Waals surface area contributed by atoms with Gasteiger partial charge >= 0.3 is 0 Å². The van der Waals surface area contributed by atoms with E-state index < -0.39 is 0 Å². The van der Waals surface area contributed by atoms with Crippen molar-refractivity contribution in [1.82, 2.24) is 10.2 Å². The van der Waals surface area contributed by atoms with E-state index in [0.717, 1.165) is 16.7 Å². The number of rotatable bonds is 4. The van der Waals surface area contributed by atoms with Gasteiger partial charge in [-0.3, -0.25) is 9.89 Å². The molecule has 5 heteroatoms. The fourth-order valence-electron chi connectivity index (χ4n) is 4.95. The third-order valence-electron chi connectivity index (χ3n) is 7.26. The summed E-state index contributed by atoms with van der Waals surface area (Å²) in [6, 6.07) is 14.0. The molecule has 4 aromatic rings. The Labute approximate surface area is 194 Å². The summed E-state index contributed by atoms with van der Waals surface area (Å²) in [7, 11) is 0. The van der Waals surface area contributed by atoms with Crippen molar-refractivity contribution in [3.8, 4) is 0 Å². The predicted molar refractivity (Wildman–Crippen MR) is 132 cm³/mol. The number of amides is 1. The summed E-state index contributed by atoms with van der Waals surface area (Å²) < 4.78 is 5.95. The summed E-state index contributed by atoms with van der Waals surface area (Å²) in [4.78, 5) is 12.7. The zero-order valence-electron chi connectivity index (χ0n) is 20.0. The van der Waals surface area contributed by atoms with Gasteiger partial charge in [-0.15, -0.1) is 0 Å². The SMILES string of the molecule is Cc1cc2c(cc1Cc1ccc(C(=O)Nc3ccc4cn[nH]c4c3)o1)C(C)(C)CCC2(C)C. The largest absolute Gasteiger partial charge is 0.456 e. The standard InChI is InChI=1S/C28H31N3O2/c1-17-12-22-23(28(4,5)11-10-27(22,2)3)14-19(17)13-21-8-9-25(33-21)26(32)30-20-7-6-18-16-29-31-24(18)15-20/h6-9,12,14-16H,10-11,13H2,1-5H3,(H,29,31)(H,30,32). The van der Waals surface area contributed by atoms with Crippen LogP contribution in [0.1, 0.15) is 79.1 Å². The molecule has 2 N–H and O–H groups in total. The maximum absolute atomic E-state index is 12.7. The van der Waals surface area contributed by atoms with Gasteiger partial charge in [-0.2, -0.15) is 5.10 Å². The van der Waals surface area contributed by atoms with Crippen molar-refractivity contribution in [3.05, 3.63) is 82.4 Å². The summed E-state index contributed by atoms with van der Waals surface area (Å²) in [6.07, 6.45) is 4.81.